The number of benzene rings is 1. The number of nitrogens with one attached hydrogen (secondary N) is 1. The van der Waals surface area contributed by atoms with Crippen molar-refractivity contribution in [2.75, 3.05) is 18.0 Å². The molecule has 0 saturated carbocycles. The maximum absolute atomic E-state index is 12.2. The molecule has 0 radical (unpaired) electrons. The molecule has 1 unspecified atom stereocenters. The second-order valence-corrected chi connectivity index (χ2v) is 9.09. The van der Waals surface area contributed by atoms with E-state index in [2.05, 4.69) is 15.2 Å². The molecule has 1 aromatic heterocycles. The molecule has 1 amide bonds. The summed E-state index contributed by atoms with van der Waals surface area (Å²) in [7, 11) is 0. The van der Waals surface area contributed by atoms with Crippen molar-refractivity contribution in [2.24, 2.45) is 0 Å². The third-order valence-corrected chi connectivity index (χ3v) is 5.34. The van der Waals surface area contributed by atoms with Crippen LogP contribution in [-0.2, 0) is 11.3 Å². The number of amides is 1. The van der Waals surface area contributed by atoms with Gasteiger partial charge in [0.25, 0.3) is 0 Å². The summed E-state index contributed by atoms with van der Waals surface area (Å²) in [5, 5.41) is 12.8. The highest BCUT2D eigenvalue weighted by atomic mass is 16.6. The van der Waals surface area contributed by atoms with E-state index in [1.54, 1.807) is 11.5 Å². The summed E-state index contributed by atoms with van der Waals surface area (Å²) in [6.45, 7) is 18.9. The van der Waals surface area contributed by atoms with Crippen molar-refractivity contribution in [1.29, 1.82) is 0 Å². The fourth-order valence-electron chi connectivity index (χ4n) is 3.93. The standard InChI is InChI=1S/C23H32N4O4.2C2H6/c1-15-9-6-7-10-17(15)13-27-19(20(28)29)16(2)24-21(27)26-12-8-11-18(14-26)25-22(30)31-23(3,4)5;2*1-2/h6-7,9-10,18H,8,11-14H2,1-5H3,(H,25,30)(H,28,29);2*1-2H3. The third kappa shape index (κ3) is 8.60. The van der Waals surface area contributed by atoms with Gasteiger partial charge in [0.15, 0.2) is 5.69 Å². The minimum atomic E-state index is -0.995. The largest absolute Gasteiger partial charge is 0.477 e. The molecule has 1 saturated heterocycles. The lowest BCUT2D eigenvalue weighted by Gasteiger charge is -2.34. The molecule has 196 valence electrons. The van der Waals surface area contributed by atoms with Gasteiger partial charge in [0.05, 0.1) is 12.2 Å². The van der Waals surface area contributed by atoms with Crippen molar-refractivity contribution in [3.8, 4) is 0 Å². The number of ether oxygens (including phenoxy) is 1. The van der Waals surface area contributed by atoms with E-state index in [9.17, 15) is 14.7 Å². The van der Waals surface area contributed by atoms with E-state index in [0.717, 1.165) is 30.5 Å². The minimum absolute atomic E-state index is 0.0965. The van der Waals surface area contributed by atoms with Crippen molar-refractivity contribution in [1.82, 2.24) is 14.9 Å². The first-order chi connectivity index (χ1) is 16.5. The summed E-state index contributed by atoms with van der Waals surface area (Å²) >= 11 is 0. The molecule has 8 nitrogen and oxygen atoms in total. The Labute approximate surface area is 210 Å². The number of carbonyl (C=O) groups excluding carboxylic acids is 1. The molecule has 2 heterocycles. The van der Waals surface area contributed by atoms with Crippen LogP contribution in [0.25, 0.3) is 0 Å². The number of aromatic nitrogens is 2. The zero-order valence-electron chi connectivity index (χ0n) is 22.9. The quantitative estimate of drug-likeness (QED) is 0.553. The van der Waals surface area contributed by atoms with Gasteiger partial charge in [0.2, 0.25) is 5.95 Å². The number of nitrogens with zero attached hydrogens (tertiary/aromatic N) is 3. The summed E-state index contributed by atoms with van der Waals surface area (Å²) in [4.78, 5) is 30.9. The molecule has 0 aliphatic carbocycles. The van der Waals surface area contributed by atoms with Crippen LogP contribution in [0.2, 0.25) is 0 Å². The van der Waals surface area contributed by atoms with Crippen LogP contribution in [0.1, 0.15) is 88.6 Å². The Bertz CT molecular complexity index is 963. The van der Waals surface area contributed by atoms with Gasteiger partial charge in [0.1, 0.15) is 5.60 Å². The number of piperidine rings is 1. The molecule has 1 atom stereocenters. The van der Waals surface area contributed by atoms with E-state index in [4.69, 9.17) is 4.74 Å². The summed E-state index contributed by atoms with van der Waals surface area (Å²) in [6.07, 6.45) is 1.25. The van der Waals surface area contributed by atoms with Crippen molar-refractivity contribution in [2.45, 2.75) is 93.3 Å². The lowest BCUT2D eigenvalue weighted by Crippen LogP contribution is -2.49. The van der Waals surface area contributed by atoms with E-state index >= 15 is 0 Å². The van der Waals surface area contributed by atoms with E-state index in [1.807, 2.05) is 79.7 Å². The van der Waals surface area contributed by atoms with Gasteiger partial charge in [-0.2, -0.15) is 0 Å². The first kappa shape index (κ1) is 30.0. The van der Waals surface area contributed by atoms with Crippen molar-refractivity contribution in [3.63, 3.8) is 0 Å². The number of alkyl carbamates (subject to hydrolysis) is 1. The topological polar surface area (TPSA) is 96.7 Å². The molecular weight excluding hydrogens is 444 g/mol. The molecule has 35 heavy (non-hydrogen) atoms. The molecule has 0 spiro atoms. The van der Waals surface area contributed by atoms with Gasteiger partial charge in [0, 0.05) is 19.1 Å². The molecule has 3 rings (SSSR count). The highest BCUT2D eigenvalue weighted by Gasteiger charge is 2.29. The minimum Gasteiger partial charge on any atom is -0.477 e. The van der Waals surface area contributed by atoms with Gasteiger partial charge in [-0.3, -0.25) is 4.57 Å². The fraction of sp³-hybridized carbons (Fsp3) is 0.593. The number of hydrogen-bond acceptors (Lipinski definition) is 5. The smallest absolute Gasteiger partial charge is 0.407 e. The molecule has 1 aromatic carbocycles. The van der Waals surface area contributed by atoms with Gasteiger partial charge < -0.3 is 20.1 Å². The number of aromatic carboxylic acids is 1. The van der Waals surface area contributed by atoms with Gasteiger partial charge in [-0.15, -0.1) is 0 Å². The molecule has 8 heteroatoms. The van der Waals surface area contributed by atoms with Crippen LogP contribution in [0, 0.1) is 13.8 Å². The number of anilines is 1. The number of hydrogen-bond donors (Lipinski definition) is 2. The zero-order chi connectivity index (χ0) is 26.8. The average Bonchev–Trinajstić information content (AvgIpc) is 3.13. The average molecular weight is 489 g/mol. The number of rotatable bonds is 5. The second kappa shape index (κ2) is 13.8. The summed E-state index contributed by atoms with van der Waals surface area (Å²) in [5.41, 5.74) is 2.26. The Hall–Kier alpha value is -3.03. The highest BCUT2D eigenvalue weighted by molar-refractivity contribution is 5.88. The Balaban J connectivity index is 0.00000145. The molecule has 1 fully saturated rings. The van der Waals surface area contributed by atoms with Crippen molar-refractivity contribution >= 4 is 18.0 Å². The molecule has 0 bridgehead atoms. The SMILES string of the molecule is CC.CC.Cc1ccccc1Cn1c(N2CCCC(NC(=O)OC(C)(C)C)C2)nc(C)c1C(=O)O. The van der Waals surface area contributed by atoms with Gasteiger partial charge in [-0.25, -0.2) is 14.6 Å². The lowest BCUT2D eigenvalue weighted by atomic mass is 10.1. The number of aryl methyl sites for hydroxylation is 2. The number of imidazole rings is 1. The number of carboxylic acids is 1. The monoisotopic (exact) mass is 488 g/mol. The van der Waals surface area contributed by atoms with Gasteiger partial charge in [-0.1, -0.05) is 52.0 Å². The lowest BCUT2D eigenvalue weighted by molar-refractivity contribution is 0.0499. The fourth-order valence-corrected chi connectivity index (χ4v) is 3.93. The normalized spacial score (nSPS) is 15.2. The Morgan fingerprint density at radius 2 is 1.77 bits per heavy atom. The Kier molecular flexibility index (Phi) is 11.8. The molecular formula is C27H44N4O4. The highest BCUT2D eigenvalue weighted by Crippen LogP contribution is 2.25. The summed E-state index contributed by atoms with van der Waals surface area (Å²) in [5.74, 6) is -0.376. The maximum atomic E-state index is 12.2. The van der Waals surface area contributed by atoms with Crippen LogP contribution in [0.3, 0.4) is 0 Å². The molecule has 1 aliphatic heterocycles. The van der Waals surface area contributed by atoms with Crippen LogP contribution in [-0.4, -0.2) is 51.5 Å². The number of carboxylic acid groups (broad SMARTS) is 1. The van der Waals surface area contributed by atoms with Crippen LogP contribution in [0.15, 0.2) is 24.3 Å². The summed E-state index contributed by atoms with van der Waals surface area (Å²) < 4.78 is 7.16. The first-order valence-electron chi connectivity index (χ1n) is 12.6. The van der Waals surface area contributed by atoms with Crippen LogP contribution in [0.4, 0.5) is 10.7 Å². The Morgan fingerprint density at radius 3 is 2.34 bits per heavy atom. The van der Waals surface area contributed by atoms with Crippen LogP contribution in [0.5, 0.6) is 0 Å². The van der Waals surface area contributed by atoms with Crippen molar-refractivity contribution < 1.29 is 19.4 Å². The second-order valence-electron chi connectivity index (χ2n) is 9.09. The van der Waals surface area contributed by atoms with Crippen LogP contribution < -0.4 is 10.2 Å². The third-order valence-electron chi connectivity index (χ3n) is 5.34. The van der Waals surface area contributed by atoms with Gasteiger partial charge >= 0.3 is 12.1 Å². The van der Waals surface area contributed by atoms with Gasteiger partial charge in [-0.05, 0) is 58.6 Å². The predicted molar refractivity (Wildman–Crippen MR) is 142 cm³/mol. The number of carbonyl (C=O) groups is 2. The summed E-state index contributed by atoms with van der Waals surface area (Å²) in [6, 6.07) is 7.84. The molecule has 1 aliphatic rings. The zero-order valence-corrected chi connectivity index (χ0v) is 22.9. The maximum Gasteiger partial charge on any atom is 0.407 e. The molecule has 2 N–H and O–H groups in total. The van der Waals surface area contributed by atoms with E-state index in [-0.39, 0.29) is 11.7 Å². The van der Waals surface area contributed by atoms with E-state index in [0.29, 0.717) is 24.7 Å². The van der Waals surface area contributed by atoms with Crippen LogP contribution >= 0.6 is 0 Å². The predicted octanol–water partition coefficient (Wildman–Crippen LogP) is 5.79. The van der Waals surface area contributed by atoms with E-state index < -0.39 is 17.7 Å². The Morgan fingerprint density at radius 1 is 1.14 bits per heavy atom. The first-order valence-corrected chi connectivity index (χ1v) is 12.6. The van der Waals surface area contributed by atoms with Crippen molar-refractivity contribution in [3.05, 3.63) is 46.8 Å². The molecule has 2 aromatic rings. The van der Waals surface area contributed by atoms with E-state index in [1.165, 1.54) is 0 Å².